The number of hydrogen-bond donors (Lipinski definition) is 2. The van der Waals surface area contributed by atoms with E-state index >= 15 is 0 Å². The number of hydrogen-bond acceptors (Lipinski definition) is 4. The number of aliphatic hydroxyl groups excluding tert-OH is 1. The molecule has 17 heavy (non-hydrogen) atoms. The normalized spacial score (nSPS) is 17.9. The third-order valence-corrected chi connectivity index (χ3v) is 3.67. The van der Waals surface area contributed by atoms with E-state index < -0.39 is 0 Å². The fraction of sp³-hybridized carbons (Fsp3) is 0.692. The monoisotopic (exact) mass is 235 g/mol. The molecule has 0 aliphatic heterocycles. The fourth-order valence-electron chi connectivity index (χ4n) is 2.13. The molecule has 1 aliphatic carbocycles. The van der Waals surface area contributed by atoms with Crippen LogP contribution in [0.25, 0.3) is 0 Å². The highest BCUT2D eigenvalue weighted by Gasteiger charge is 2.36. The van der Waals surface area contributed by atoms with Crippen molar-refractivity contribution < 1.29 is 5.11 Å². The van der Waals surface area contributed by atoms with Crippen molar-refractivity contribution in [1.82, 2.24) is 9.97 Å². The van der Waals surface area contributed by atoms with E-state index in [2.05, 4.69) is 29.1 Å². The highest BCUT2D eigenvalue weighted by Crippen LogP contribution is 2.40. The van der Waals surface area contributed by atoms with Gasteiger partial charge in [0.25, 0.3) is 0 Å². The first-order valence-corrected chi connectivity index (χ1v) is 6.32. The van der Waals surface area contributed by atoms with Gasteiger partial charge in [0.2, 0.25) is 0 Å². The molecule has 2 rings (SSSR count). The first-order chi connectivity index (χ1) is 8.15. The number of rotatable bonds is 5. The molecular weight excluding hydrogens is 214 g/mol. The molecule has 0 unspecified atom stereocenters. The molecular formula is C13H21N3O. The molecule has 4 nitrogen and oxygen atoms in total. The minimum atomic E-state index is 0.0863. The Morgan fingerprint density at radius 2 is 2.18 bits per heavy atom. The third kappa shape index (κ3) is 2.75. The Labute approximate surface area is 102 Å². The average molecular weight is 235 g/mol. The maximum Gasteiger partial charge on any atom is 0.129 e. The van der Waals surface area contributed by atoms with E-state index in [4.69, 9.17) is 0 Å². The Morgan fingerprint density at radius 1 is 1.41 bits per heavy atom. The summed E-state index contributed by atoms with van der Waals surface area (Å²) >= 11 is 0. The molecule has 0 atom stereocenters. The van der Waals surface area contributed by atoms with Crippen LogP contribution in [0.1, 0.15) is 44.7 Å². The van der Waals surface area contributed by atoms with E-state index in [9.17, 15) is 5.11 Å². The molecule has 1 aromatic heterocycles. The molecule has 94 valence electrons. The summed E-state index contributed by atoms with van der Waals surface area (Å²) in [5, 5.41) is 12.7. The number of aromatic nitrogens is 2. The Morgan fingerprint density at radius 3 is 2.71 bits per heavy atom. The van der Waals surface area contributed by atoms with Crippen LogP contribution in [0.4, 0.5) is 5.82 Å². The number of anilines is 1. The second-order valence-electron chi connectivity index (χ2n) is 5.35. The van der Waals surface area contributed by atoms with Crippen LogP contribution < -0.4 is 5.32 Å². The van der Waals surface area contributed by atoms with E-state index in [-0.39, 0.29) is 12.0 Å². The molecule has 0 spiro atoms. The predicted octanol–water partition coefficient (Wildman–Crippen LogP) is 2.17. The van der Waals surface area contributed by atoms with Crippen LogP contribution >= 0.6 is 0 Å². The third-order valence-electron chi connectivity index (χ3n) is 3.67. The Kier molecular flexibility index (Phi) is 3.62. The molecule has 2 N–H and O–H groups in total. The van der Waals surface area contributed by atoms with Gasteiger partial charge in [-0.15, -0.1) is 0 Å². The van der Waals surface area contributed by atoms with E-state index in [1.807, 2.05) is 6.07 Å². The summed E-state index contributed by atoms with van der Waals surface area (Å²) in [6.07, 6.45) is 5.05. The first kappa shape index (κ1) is 12.3. The number of aliphatic hydroxyl groups is 1. The molecule has 0 bridgehead atoms. The summed E-state index contributed by atoms with van der Waals surface area (Å²) < 4.78 is 0. The van der Waals surface area contributed by atoms with Crippen molar-refractivity contribution in [3.63, 3.8) is 0 Å². The maximum atomic E-state index is 9.38. The van der Waals surface area contributed by atoms with Gasteiger partial charge in [-0.1, -0.05) is 20.3 Å². The standard InChI is InChI=1S/C13H21N3O/c1-10(2)11-6-12(16-9-15-11)14-7-13(8-17)4-3-5-13/h6,9-10,17H,3-5,7-8H2,1-2H3,(H,14,15,16). The van der Waals surface area contributed by atoms with Crippen LogP contribution in [-0.4, -0.2) is 28.2 Å². The van der Waals surface area contributed by atoms with E-state index in [1.165, 1.54) is 6.42 Å². The summed E-state index contributed by atoms with van der Waals surface area (Å²) in [5.74, 6) is 1.28. The van der Waals surface area contributed by atoms with Crippen LogP contribution in [0.2, 0.25) is 0 Å². The van der Waals surface area contributed by atoms with E-state index in [0.29, 0.717) is 5.92 Å². The van der Waals surface area contributed by atoms with Crippen LogP contribution in [0, 0.1) is 5.41 Å². The fourth-order valence-corrected chi connectivity index (χ4v) is 2.13. The Hall–Kier alpha value is -1.16. The lowest BCUT2D eigenvalue weighted by Gasteiger charge is -2.40. The zero-order valence-corrected chi connectivity index (χ0v) is 10.6. The minimum absolute atomic E-state index is 0.0863. The van der Waals surface area contributed by atoms with Crippen LogP contribution in [0.5, 0.6) is 0 Å². The summed E-state index contributed by atoms with van der Waals surface area (Å²) in [6, 6.07) is 1.99. The lowest BCUT2D eigenvalue weighted by Crippen LogP contribution is -2.39. The minimum Gasteiger partial charge on any atom is -0.396 e. The molecule has 1 fully saturated rings. The van der Waals surface area contributed by atoms with Gasteiger partial charge in [-0.25, -0.2) is 9.97 Å². The first-order valence-electron chi connectivity index (χ1n) is 6.32. The number of nitrogens with zero attached hydrogens (tertiary/aromatic N) is 2. The Bertz CT molecular complexity index is 369. The quantitative estimate of drug-likeness (QED) is 0.821. The smallest absolute Gasteiger partial charge is 0.129 e. The topological polar surface area (TPSA) is 58.0 Å². The highest BCUT2D eigenvalue weighted by atomic mass is 16.3. The Balaban J connectivity index is 1.96. The summed E-state index contributed by atoms with van der Waals surface area (Å²) in [6.45, 7) is 5.31. The molecule has 1 aromatic rings. The van der Waals surface area contributed by atoms with Crippen LogP contribution in [0.15, 0.2) is 12.4 Å². The van der Waals surface area contributed by atoms with Crippen molar-refractivity contribution >= 4 is 5.82 Å². The van der Waals surface area contributed by atoms with Crippen molar-refractivity contribution in [3.05, 3.63) is 18.1 Å². The largest absolute Gasteiger partial charge is 0.396 e. The predicted molar refractivity (Wildman–Crippen MR) is 68.0 cm³/mol. The molecule has 0 saturated heterocycles. The number of nitrogens with one attached hydrogen (secondary N) is 1. The average Bonchev–Trinajstić information content (AvgIpc) is 2.28. The van der Waals surface area contributed by atoms with Gasteiger partial charge < -0.3 is 10.4 Å². The van der Waals surface area contributed by atoms with Crippen molar-refractivity contribution in [2.75, 3.05) is 18.5 Å². The molecule has 1 saturated carbocycles. The van der Waals surface area contributed by atoms with E-state index in [0.717, 1.165) is 30.9 Å². The molecule has 1 aliphatic rings. The molecule has 4 heteroatoms. The lowest BCUT2D eigenvalue weighted by molar-refractivity contribution is 0.0575. The van der Waals surface area contributed by atoms with Gasteiger partial charge in [0, 0.05) is 23.7 Å². The van der Waals surface area contributed by atoms with Crippen molar-refractivity contribution in [2.24, 2.45) is 5.41 Å². The van der Waals surface area contributed by atoms with Crippen molar-refractivity contribution in [3.8, 4) is 0 Å². The molecule has 0 radical (unpaired) electrons. The second kappa shape index (κ2) is 5.00. The molecule has 0 aromatic carbocycles. The van der Waals surface area contributed by atoms with Gasteiger partial charge in [0.1, 0.15) is 12.1 Å². The van der Waals surface area contributed by atoms with Gasteiger partial charge >= 0.3 is 0 Å². The summed E-state index contributed by atoms with van der Waals surface area (Å²) in [4.78, 5) is 8.45. The second-order valence-corrected chi connectivity index (χ2v) is 5.35. The van der Waals surface area contributed by atoms with E-state index in [1.54, 1.807) is 6.33 Å². The van der Waals surface area contributed by atoms with Gasteiger partial charge in [-0.3, -0.25) is 0 Å². The highest BCUT2D eigenvalue weighted by molar-refractivity contribution is 5.36. The van der Waals surface area contributed by atoms with Gasteiger partial charge in [-0.05, 0) is 18.8 Å². The van der Waals surface area contributed by atoms with Crippen molar-refractivity contribution in [1.29, 1.82) is 0 Å². The molecule has 0 amide bonds. The molecule has 1 heterocycles. The SMILES string of the molecule is CC(C)c1cc(NCC2(CO)CCC2)ncn1. The zero-order valence-electron chi connectivity index (χ0n) is 10.6. The van der Waals surface area contributed by atoms with Crippen molar-refractivity contribution in [2.45, 2.75) is 39.0 Å². The van der Waals surface area contributed by atoms with Crippen LogP contribution in [-0.2, 0) is 0 Å². The van der Waals surface area contributed by atoms with Crippen LogP contribution in [0.3, 0.4) is 0 Å². The maximum absolute atomic E-state index is 9.38. The summed E-state index contributed by atoms with van der Waals surface area (Å²) in [7, 11) is 0. The lowest BCUT2D eigenvalue weighted by atomic mass is 9.69. The van der Waals surface area contributed by atoms with Gasteiger partial charge in [0.15, 0.2) is 0 Å². The summed E-state index contributed by atoms with van der Waals surface area (Å²) in [5.41, 5.74) is 1.14. The van der Waals surface area contributed by atoms with Gasteiger partial charge in [-0.2, -0.15) is 0 Å². The zero-order chi connectivity index (χ0) is 12.3. The van der Waals surface area contributed by atoms with Gasteiger partial charge in [0.05, 0.1) is 6.61 Å².